The molecule has 1 heteroatoms. The van der Waals surface area contributed by atoms with Gasteiger partial charge < -0.3 is 5.73 Å². The van der Waals surface area contributed by atoms with Crippen LogP contribution in [-0.2, 0) is 12.8 Å². The number of fused-ring (bicyclic) bond motifs is 1. The van der Waals surface area contributed by atoms with E-state index in [4.69, 9.17) is 5.73 Å². The van der Waals surface area contributed by atoms with E-state index in [1.54, 1.807) is 5.56 Å². The average molecular weight is 217 g/mol. The quantitative estimate of drug-likeness (QED) is 0.803. The molecule has 1 aliphatic carbocycles. The first kappa shape index (κ1) is 11.7. The van der Waals surface area contributed by atoms with Crippen LogP contribution in [-0.4, -0.2) is 0 Å². The van der Waals surface area contributed by atoms with Gasteiger partial charge in [0.05, 0.1) is 0 Å². The lowest BCUT2D eigenvalue weighted by Crippen LogP contribution is -2.22. The van der Waals surface area contributed by atoms with Crippen LogP contribution in [0.5, 0.6) is 0 Å². The molecule has 1 nitrogen and oxygen atoms in total. The molecular weight excluding hydrogens is 194 g/mol. The fourth-order valence-electron chi connectivity index (χ4n) is 3.08. The van der Waals surface area contributed by atoms with E-state index in [1.807, 2.05) is 0 Å². The molecule has 2 atom stereocenters. The molecule has 0 saturated heterocycles. The number of hydrogen-bond donors (Lipinski definition) is 1. The van der Waals surface area contributed by atoms with Gasteiger partial charge in [0.1, 0.15) is 0 Å². The number of benzene rings is 1. The van der Waals surface area contributed by atoms with E-state index >= 15 is 0 Å². The largest absolute Gasteiger partial charge is 0.324 e. The second kappa shape index (κ2) is 4.58. The van der Waals surface area contributed by atoms with E-state index < -0.39 is 0 Å². The Kier molecular flexibility index (Phi) is 3.34. The fourth-order valence-corrected chi connectivity index (χ4v) is 3.08. The second-order valence-electron chi connectivity index (χ2n) is 5.00. The van der Waals surface area contributed by atoms with Crippen LogP contribution in [0.3, 0.4) is 0 Å². The predicted molar refractivity (Wildman–Crippen MR) is 69.8 cm³/mol. The smallest absolute Gasteiger partial charge is 0.0300 e. The second-order valence-corrected chi connectivity index (χ2v) is 5.00. The highest BCUT2D eigenvalue weighted by Gasteiger charge is 2.26. The summed E-state index contributed by atoms with van der Waals surface area (Å²) in [6.07, 6.45) is 4.62. The van der Waals surface area contributed by atoms with Crippen molar-refractivity contribution in [1.82, 2.24) is 0 Å². The highest BCUT2D eigenvalue weighted by molar-refractivity contribution is 5.46. The molecule has 0 aliphatic heterocycles. The minimum Gasteiger partial charge on any atom is -0.324 e. The van der Waals surface area contributed by atoms with E-state index in [2.05, 4.69) is 32.9 Å². The van der Waals surface area contributed by atoms with Crippen molar-refractivity contribution in [2.24, 2.45) is 5.73 Å². The predicted octanol–water partition coefficient (Wildman–Crippen LogP) is 3.71. The van der Waals surface area contributed by atoms with Gasteiger partial charge in [-0.3, -0.25) is 0 Å². The van der Waals surface area contributed by atoms with E-state index in [-0.39, 0.29) is 6.04 Å². The Hall–Kier alpha value is -0.820. The maximum atomic E-state index is 6.31. The molecule has 88 valence electrons. The van der Waals surface area contributed by atoms with Crippen LogP contribution in [0.1, 0.15) is 67.8 Å². The van der Waals surface area contributed by atoms with E-state index in [0.29, 0.717) is 5.92 Å². The van der Waals surface area contributed by atoms with Crippen LogP contribution >= 0.6 is 0 Å². The summed E-state index contributed by atoms with van der Waals surface area (Å²) in [5.41, 5.74) is 12.3. The number of hydrogen-bond acceptors (Lipinski definition) is 1. The Morgan fingerprint density at radius 2 is 1.62 bits per heavy atom. The van der Waals surface area contributed by atoms with Crippen molar-refractivity contribution in [1.29, 1.82) is 0 Å². The van der Waals surface area contributed by atoms with Crippen molar-refractivity contribution in [3.05, 3.63) is 34.4 Å². The van der Waals surface area contributed by atoms with Gasteiger partial charge in [-0.25, -0.2) is 0 Å². The molecule has 0 aromatic heterocycles. The number of nitrogens with two attached hydrogens (primary N) is 1. The third kappa shape index (κ3) is 1.78. The zero-order valence-electron chi connectivity index (χ0n) is 10.7. The Morgan fingerprint density at radius 1 is 1.06 bits per heavy atom. The SMILES string of the molecule is CCc1ccc(CC)c2c1C(C)CC[C@H]2N. The zero-order valence-corrected chi connectivity index (χ0v) is 10.7. The van der Waals surface area contributed by atoms with Gasteiger partial charge >= 0.3 is 0 Å². The minimum atomic E-state index is 0.271. The van der Waals surface area contributed by atoms with Crippen LogP contribution in [0.4, 0.5) is 0 Å². The van der Waals surface area contributed by atoms with Gasteiger partial charge in [-0.2, -0.15) is 0 Å². The maximum Gasteiger partial charge on any atom is 0.0300 e. The number of rotatable bonds is 2. The lowest BCUT2D eigenvalue weighted by atomic mass is 9.76. The van der Waals surface area contributed by atoms with Crippen molar-refractivity contribution in [3.63, 3.8) is 0 Å². The first-order valence-corrected chi connectivity index (χ1v) is 6.59. The van der Waals surface area contributed by atoms with Crippen LogP contribution in [0.2, 0.25) is 0 Å². The first-order valence-electron chi connectivity index (χ1n) is 6.59. The van der Waals surface area contributed by atoms with Crippen LogP contribution in [0, 0.1) is 0 Å². The first-order chi connectivity index (χ1) is 7.69. The van der Waals surface area contributed by atoms with Gasteiger partial charge in [-0.15, -0.1) is 0 Å². The molecule has 0 amide bonds. The third-order valence-corrected chi connectivity index (χ3v) is 4.00. The van der Waals surface area contributed by atoms with Gasteiger partial charge in [0, 0.05) is 6.04 Å². The summed E-state index contributed by atoms with van der Waals surface area (Å²) >= 11 is 0. The van der Waals surface area contributed by atoms with Crippen molar-refractivity contribution in [2.75, 3.05) is 0 Å². The lowest BCUT2D eigenvalue weighted by molar-refractivity contribution is 0.506. The molecule has 2 rings (SSSR count). The zero-order chi connectivity index (χ0) is 11.7. The van der Waals surface area contributed by atoms with Crippen LogP contribution in [0.15, 0.2) is 12.1 Å². The van der Waals surface area contributed by atoms with Crippen molar-refractivity contribution in [3.8, 4) is 0 Å². The summed E-state index contributed by atoms with van der Waals surface area (Å²) in [5.74, 6) is 0.691. The van der Waals surface area contributed by atoms with Gasteiger partial charge in [0.25, 0.3) is 0 Å². The molecule has 0 bridgehead atoms. The molecule has 0 radical (unpaired) electrons. The summed E-state index contributed by atoms with van der Waals surface area (Å²) in [4.78, 5) is 0. The monoisotopic (exact) mass is 217 g/mol. The third-order valence-electron chi connectivity index (χ3n) is 4.00. The number of aryl methyl sites for hydroxylation is 2. The molecule has 0 saturated carbocycles. The normalized spacial score (nSPS) is 24.2. The van der Waals surface area contributed by atoms with Crippen LogP contribution in [0.25, 0.3) is 0 Å². The van der Waals surface area contributed by atoms with Gasteiger partial charge in [0.15, 0.2) is 0 Å². The fraction of sp³-hybridized carbons (Fsp3) is 0.600. The summed E-state index contributed by atoms with van der Waals surface area (Å²) in [7, 11) is 0. The molecule has 0 spiro atoms. The summed E-state index contributed by atoms with van der Waals surface area (Å²) in [5, 5.41) is 0. The van der Waals surface area contributed by atoms with Crippen LogP contribution < -0.4 is 5.73 Å². The molecule has 1 aromatic carbocycles. The van der Waals surface area contributed by atoms with Crippen molar-refractivity contribution >= 4 is 0 Å². The Morgan fingerprint density at radius 3 is 2.19 bits per heavy atom. The highest BCUT2D eigenvalue weighted by Crippen LogP contribution is 2.40. The standard InChI is InChI=1S/C15H23N/c1-4-11-7-8-12(5-2)15-13(16)9-6-10(3)14(11)15/h7-8,10,13H,4-6,9,16H2,1-3H3/t10?,13-/m1/s1. The molecule has 1 unspecified atom stereocenters. The molecule has 1 aliphatic rings. The topological polar surface area (TPSA) is 26.0 Å². The Balaban J connectivity index is 2.63. The van der Waals surface area contributed by atoms with Gasteiger partial charge in [-0.05, 0) is 53.9 Å². The lowest BCUT2D eigenvalue weighted by Gasteiger charge is -2.31. The molecule has 16 heavy (non-hydrogen) atoms. The average Bonchev–Trinajstić information content (AvgIpc) is 2.32. The van der Waals surface area contributed by atoms with Gasteiger partial charge in [0.2, 0.25) is 0 Å². The summed E-state index contributed by atoms with van der Waals surface area (Å²) < 4.78 is 0. The molecule has 0 heterocycles. The molecule has 2 N–H and O–H groups in total. The highest BCUT2D eigenvalue weighted by atomic mass is 14.6. The Labute approximate surface area is 99.0 Å². The van der Waals surface area contributed by atoms with Gasteiger partial charge in [-0.1, -0.05) is 32.9 Å². The van der Waals surface area contributed by atoms with Crippen molar-refractivity contribution in [2.45, 2.75) is 58.4 Å². The molecular formula is C15H23N. The van der Waals surface area contributed by atoms with E-state index in [0.717, 1.165) is 19.3 Å². The van der Waals surface area contributed by atoms with E-state index in [9.17, 15) is 0 Å². The molecule has 1 aromatic rings. The minimum absolute atomic E-state index is 0.271. The summed E-state index contributed by atoms with van der Waals surface area (Å²) in [6.45, 7) is 6.82. The maximum absolute atomic E-state index is 6.31. The van der Waals surface area contributed by atoms with Crippen molar-refractivity contribution < 1.29 is 0 Å². The van der Waals surface area contributed by atoms with E-state index in [1.165, 1.54) is 23.1 Å². The Bertz CT molecular complexity index is 344. The molecule has 0 fully saturated rings. The summed E-state index contributed by atoms with van der Waals surface area (Å²) in [6, 6.07) is 4.87.